The minimum Gasteiger partial charge on any atom is -0.479 e. The summed E-state index contributed by atoms with van der Waals surface area (Å²) in [5.74, 6) is 0.887. The summed E-state index contributed by atoms with van der Waals surface area (Å²) in [5, 5.41) is 4.12. The minimum absolute atomic E-state index is 0. The van der Waals surface area contributed by atoms with E-state index in [0.29, 0.717) is 0 Å². The van der Waals surface area contributed by atoms with Gasteiger partial charge in [0.05, 0.1) is 11.4 Å². The summed E-state index contributed by atoms with van der Waals surface area (Å²) in [6.07, 6.45) is 4.08. The van der Waals surface area contributed by atoms with Gasteiger partial charge in [0.1, 0.15) is 5.75 Å². The van der Waals surface area contributed by atoms with Crippen LogP contribution in [0.25, 0.3) is 5.69 Å². The van der Waals surface area contributed by atoms with Gasteiger partial charge in [-0.2, -0.15) is 0 Å². The Balaban J connectivity index is 0.00000121. The number of ether oxygens (including phenoxy) is 1. The number of nitrogens with zero attached hydrogens (tertiary/aromatic N) is 1. The van der Waals surface area contributed by atoms with Crippen molar-refractivity contribution < 1.29 is 4.74 Å². The van der Waals surface area contributed by atoms with Crippen LogP contribution in [-0.2, 0) is 5.60 Å². The van der Waals surface area contributed by atoms with Crippen LogP contribution >= 0.6 is 24.0 Å². The van der Waals surface area contributed by atoms with Crippen molar-refractivity contribution in [2.75, 3.05) is 13.1 Å². The highest BCUT2D eigenvalue weighted by Crippen LogP contribution is 2.44. The normalized spacial score (nSPS) is 18.6. The van der Waals surface area contributed by atoms with Crippen LogP contribution in [0, 0.1) is 0 Å². The lowest BCUT2D eigenvalue weighted by Gasteiger charge is -2.42. The van der Waals surface area contributed by atoms with E-state index in [-0.39, 0.29) is 18.0 Å². The molecule has 1 saturated heterocycles. The first-order chi connectivity index (χ1) is 9.28. The summed E-state index contributed by atoms with van der Waals surface area (Å²) >= 11 is 6.10. The first kappa shape index (κ1) is 13.8. The van der Waals surface area contributed by atoms with Crippen LogP contribution < -0.4 is 10.1 Å². The number of aromatic nitrogens is 1. The maximum absolute atomic E-state index is 6.38. The zero-order valence-electron chi connectivity index (χ0n) is 10.9. The van der Waals surface area contributed by atoms with E-state index in [1.54, 1.807) is 0 Å². The Kier molecular flexibility index (Phi) is 3.44. The second kappa shape index (κ2) is 4.99. The molecule has 1 aromatic carbocycles. The molecular formula is C15H16Cl2N2O. The molecule has 5 heteroatoms. The van der Waals surface area contributed by atoms with Gasteiger partial charge in [-0.3, -0.25) is 0 Å². The molecule has 0 radical (unpaired) electrons. The summed E-state index contributed by atoms with van der Waals surface area (Å²) < 4.78 is 8.62. The van der Waals surface area contributed by atoms with Crippen molar-refractivity contribution in [1.82, 2.24) is 9.88 Å². The third-order valence-corrected chi connectivity index (χ3v) is 4.35. The van der Waals surface area contributed by atoms with Gasteiger partial charge in [0.25, 0.3) is 0 Å². The van der Waals surface area contributed by atoms with Crippen molar-refractivity contribution in [3.8, 4) is 11.4 Å². The van der Waals surface area contributed by atoms with Crippen LogP contribution in [0.4, 0.5) is 0 Å². The van der Waals surface area contributed by atoms with Crippen LogP contribution in [0.1, 0.15) is 18.5 Å². The summed E-state index contributed by atoms with van der Waals surface area (Å²) in [4.78, 5) is 0. The average Bonchev–Trinajstić information content (AvgIpc) is 2.90. The molecule has 3 heterocycles. The van der Waals surface area contributed by atoms with E-state index in [2.05, 4.69) is 28.2 Å². The Bertz CT molecular complexity index is 633. The van der Waals surface area contributed by atoms with Gasteiger partial charge in [0.15, 0.2) is 5.60 Å². The van der Waals surface area contributed by atoms with Crippen LogP contribution in [0.2, 0.25) is 5.02 Å². The number of hydrogen-bond acceptors (Lipinski definition) is 2. The molecular weight excluding hydrogens is 295 g/mol. The molecule has 0 saturated carbocycles. The number of piperidine rings is 1. The van der Waals surface area contributed by atoms with Crippen LogP contribution in [0.5, 0.6) is 5.75 Å². The first-order valence-electron chi connectivity index (χ1n) is 6.66. The smallest absolute Gasteiger partial charge is 0.152 e. The molecule has 20 heavy (non-hydrogen) atoms. The third kappa shape index (κ3) is 1.93. The zero-order valence-corrected chi connectivity index (χ0v) is 12.5. The molecule has 0 bridgehead atoms. The fraction of sp³-hybridized carbons (Fsp3) is 0.333. The molecule has 1 aromatic heterocycles. The number of nitrogens with one attached hydrogen (secondary N) is 1. The third-order valence-electron chi connectivity index (χ3n) is 4.11. The molecule has 0 amide bonds. The quantitative estimate of drug-likeness (QED) is 0.805. The number of fused-ring (bicyclic) bond motifs is 4. The Morgan fingerprint density at radius 1 is 1.20 bits per heavy atom. The average molecular weight is 311 g/mol. The van der Waals surface area contributed by atoms with E-state index in [0.717, 1.165) is 42.4 Å². The van der Waals surface area contributed by atoms with Crippen molar-refractivity contribution in [1.29, 1.82) is 0 Å². The van der Waals surface area contributed by atoms with E-state index in [4.69, 9.17) is 16.3 Å². The van der Waals surface area contributed by atoms with E-state index in [9.17, 15) is 0 Å². The Labute approximate surface area is 129 Å². The topological polar surface area (TPSA) is 26.2 Å². The maximum atomic E-state index is 6.38. The molecule has 106 valence electrons. The second-order valence-corrected chi connectivity index (χ2v) is 5.66. The van der Waals surface area contributed by atoms with Crippen molar-refractivity contribution in [3.05, 3.63) is 47.2 Å². The van der Waals surface area contributed by atoms with E-state index >= 15 is 0 Å². The van der Waals surface area contributed by atoms with Crippen molar-refractivity contribution in [3.63, 3.8) is 0 Å². The summed E-state index contributed by atoms with van der Waals surface area (Å²) in [6.45, 7) is 1.97. The number of hydrogen-bond donors (Lipinski definition) is 1. The lowest BCUT2D eigenvalue weighted by molar-refractivity contribution is 0.0203. The molecule has 2 aliphatic heterocycles. The fourth-order valence-electron chi connectivity index (χ4n) is 3.18. The minimum atomic E-state index is -0.202. The molecule has 1 fully saturated rings. The second-order valence-electron chi connectivity index (χ2n) is 5.22. The molecule has 1 N–H and O–H groups in total. The summed E-state index contributed by atoms with van der Waals surface area (Å²) in [5.41, 5.74) is 2.13. The fourth-order valence-corrected chi connectivity index (χ4v) is 3.34. The van der Waals surface area contributed by atoms with Gasteiger partial charge < -0.3 is 14.6 Å². The predicted molar refractivity (Wildman–Crippen MR) is 82.4 cm³/mol. The molecule has 2 aliphatic rings. The predicted octanol–water partition coefficient (Wildman–Crippen LogP) is 3.52. The lowest BCUT2D eigenvalue weighted by Crippen LogP contribution is -2.46. The highest BCUT2D eigenvalue weighted by molar-refractivity contribution is 6.30. The number of benzene rings is 1. The van der Waals surface area contributed by atoms with Gasteiger partial charge in [-0.15, -0.1) is 12.4 Å². The first-order valence-corrected chi connectivity index (χ1v) is 7.04. The van der Waals surface area contributed by atoms with Crippen LogP contribution in [0.3, 0.4) is 0 Å². The van der Waals surface area contributed by atoms with Gasteiger partial charge in [-0.1, -0.05) is 11.6 Å². The molecule has 1 spiro atoms. The van der Waals surface area contributed by atoms with Crippen LogP contribution in [-0.4, -0.2) is 17.7 Å². The molecule has 0 atom stereocenters. The van der Waals surface area contributed by atoms with Crippen molar-refractivity contribution in [2.24, 2.45) is 0 Å². The van der Waals surface area contributed by atoms with Gasteiger partial charge >= 0.3 is 0 Å². The molecule has 3 nitrogen and oxygen atoms in total. The Morgan fingerprint density at radius 2 is 2.00 bits per heavy atom. The molecule has 4 rings (SSSR count). The van der Waals surface area contributed by atoms with Gasteiger partial charge in [0.2, 0.25) is 0 Å². The van der Waals surface area contributed by atoms with Crippen LogP contribution in [0.15, 0.2) is 36.5 Å². The molecule has 0 unspecified atom stereocenters. The molecule has 0 aliphatic carbocycles. The zero-order chi connectivity index (χ0) is 12.9. The van der Waals surface area contributed by atoms with E-state index in [1.807, 2.05) is 18.2 Å². The number of rotatable bonds is 0. The van der Waals surface area contributed by atoms with E-state index in [1.165, 1.54) is 5.69 Å². The number of halogens is 2. The highest BCUT2D eigenvalue weighted by Gasteiger charge is 2.42. The standard InChI is InChI=1S/C15H15ClN2O.ClH/c16-11-3-4-12-13(10-11)19-15(5-7-17-8-6-15)14-2-1-9-18(12)14;/h1-4,9-10,17H,5-8H2;1H. The Morgan fingerprint density at radius 3 is 2.80 bits per heavy atom. The SMILES string of the molecule is Cl.Clc1ccc2c(c1)OC1(CCNCC1)c1cccn1-2. The van der Waals surface area contributed by atoms with Gasteiger partial charge in [0, 0.05) is 30.1 Å². The van der Waals surface area contributed by atoms with Crippen molar-refractivity contribution >= 4 is 24.0 Å². The summed E-state index contributed by atoms with van der Waals surface area (Å²) in [7, 11) is 0. The largest absolute Gasteiger partial charge is 0.479 e. The monoisotopic (exact) mass is 310 g/mol. The Hall–Kier alpha value is -1.16. The van der Waals surface area contributed by atoms with Crippen molar-refractivity contribution in [2.45, 2.75) is 18.4 Å². The van der Waals surface area contributed by atoms with E-state index < -0.39 is 0 Å². The van der Waals surface area contributed by atoms with Gasteiger partial charge in [-0.25, -0.2) is 0 Å². The maximum Gasteiger partial charge on any atom is 0.152 e. The lowest BCUT2D eigenvalue weighted by atomic mass is 9.87. The van der Waals surface area contributed by atoms with Gasteiger partial charge in [-0.05, 0) is 37.4 Å². The highest BCUT2D eigenvalue weighted by atomic mass is 35.5. The summed E-state index contributed by atoms with van der Waals surface area (Å²) in [6, 6.07) is 10.1. The molecule has 2 aromatic rings.